The molecule has 2 N–H and O–H groups in total. The Hall–Kier alpha value is -0.120. The van der Waals surface area contributed by atoms with Crippen molar-refractivity contribution in [3.8, 4) is 0 Å². The number of aliphatic hydroxyl groups is 1. The SMILES string of the molecule is CN(CCCC1CCNCC1)C1CCC(O)CC1. The van der Waals surface area contributed by atoms with Gasteiger partial charge in [0.2, 0.25) is 0 Å². The van der Waals surface area contributed by atoms with Crippen LogP contribution in [0.3, 0.4) is 0 Å². The highest BCUT2D eigenvalue weighted by Gasteiger charge is 2.22. The largest absolute Gasteiger partial charge is 0.393 e. The number of nitrogens with one attached hydrogen (secondary N) is 1. The van der Waals surface area contributed by atoms with E-state index in [0.717, 1.165) is 24.8 Å². The summed E-state index contributed by atoms with van der Waals surface area (Å²) in [5.41, 5.74) is 0. The van der Waals surface area contributed by atoms with Gasteiger partial charge in [-0.25, -0.2) is 0 Å². The van der Waals surface area contributed by atoms with Crippen molar-refractivity contribution in [3.05, 3.63) is 0 Å². The Balaban J connectivity index is 1.57. The van der Waals surface area contributed by atoms with Crippen molar-refractivity contribution in [2.45, 2.75) is 63.5 Å². The first-order valence-electron chi connectivity index (χ1n) is 7.84. The number of piperidine rings is 1. The van der Waals surface area contributed by atoms with Crippen LogP contribution in [0.15, 0.2) is 0 Å². The van der Waals surface area contributed by atoms with Gasteiger partial charge in [-0.05, 0) is 84.0 Å². The van der Waals surface area contributed by atoms with Gasteiger partial charge in [-0.1, -0.05) is 0 Å². The van der Waals surface area contributed by atoms with E-state index in [1.807, 2.05) is 0 Å². The van der Waals surface area contributed by atoms with Crippen molar-refractivity contribution < 1.29 is 5.11 Å². The topological polar surface area (TPSA) is 35.5 Å². The molecule has 1 heterocycles. The molecular weight excluding hydrogens is 224 g/mol. The Morgan fingerprint density at radius 2 is 1.72 bits per heavy atom. The van der Waals surface area contributed by atoms with Crippen LogP contribution < -0.4 is 5.32 Å². The zero-order valence-corrected chi connectivity index (χ0v) is 11.9. The highest BCUT2D eigenvalue weighted by atomic mass is 16.3. The molecule has 0 aromatic carbocycles. The summed E-state index contributed by atoms with van der Waals surface area (Å²) >= 11 is 0. The Labute approximate surface area is 112 Å². The third-order valence-electron chi connectivity index (χ3n) is 4.87. The normalized spacial score (nSPS) is 30.8. The summed E-state index contributed by atoms with van der Waals surface area (Å²) in [4.78, 5) is 2.53. The fourth-order valence-electron chi connectivity index (χ4n) is 3.48. The van der Waals surface area contributed by atoms with E-state index < -0.39 is 0 Å². The Morgan fingerprint density at radius 3 is 2.39 bits per heavy atom. The first-order chi connectivity index (χ1) is 8.75. The monoisotopic (exact) mass is 254 g/mol. The van der Waals surface area contributed by atoms with Gasteiger partial charge < -0.3 is 15.3 Å². The Bertz CT molecular complexity index is 221. The van der Waals surface area contributed by atoms with Crippen LogP contribution >= 0.6 is 0 Å². The molecule has 1 saturated carbocycles. The molecule has 0 spiro atoms. The number of rotatable bonds is 5. The molecule has 106 valence electrons. The van der Waals surface area contributed by atoms with E-state index in [4.69, 9.17) is 0 Å². The van der Waals surface area contributed by atoms with Crippen LogP contribution in [0.5, 0.6) is 0 Å². The average Bonchev–Trinajstić information content (AvgIpc) is 2.40. The molecular formula is C15H30N2O. The predicted molar refractivity (Wildman–Crippen MR) is 75.7 cm³/mol. The summed E-state index contributed by atoms with van der Waals surface area (Å²) < 4.78 is 0. The molecule has 0 unspecified atom stereocenters. The molecule has 0 aromatic heterocycles. The van der Waals surface area contributed by atoms with E-state index in [1.165, 1.54) is 58.2 Å². The summed E-state index contributed by atoms with van der Waals surface area (Å²) in [6, 6.07) is 0.724. The van der Waals surface area contributed by atoms with Crippen LogP contribution in [-0.4, -0.2) is 48.8 Å². The number of hydrogen-bond acceptors (Lipinski definition) is 3. The zero-order chi connectivity index (χ0) is 12.8. The molecule has 2 rings (SSSR count). The average molecular weight is 254 g/mol. The minimum Gasteiger partial charge on any atom is -0.393 e. The molecule has 0 aromatic rings. The molecule has 2 aliphatic rings. The molecule has 3 heteroatoms. The van der Waals surface area contributed by atoms with Gasteiger partial charge in [-0.3, -0.25) is 0 Å². The standard InChI is InChI=1S/C15H30N2O/c1-17(14-4-6-15(18)7-5-14)12-2-3-13-8-10-16-11-9-13/h13-16,18H,2-12H2,1H3. The van der Waals surface area contributed by atoms with Gasteiger partial charge in [0, 0.05) is 6.04 Å². The first kappa shape index (κ1) is 14.3. The smallest absolute Gasteiger partial charge is 0.0541 e. The molecule has 18 heavy (non-hydrogen) atoms. The van der Waals surface area contributed by atoms with E-state index in [1.54, 1.807) is 0 Å². The third-order valence-corrected chi connectivity index (χ3v) is 4.87. The summed E-state index contributed by atoms with van der Waals surface area (Å²) in [6.07, 6.45) is 9.85. The molecule has 0 atom stereocenters. The van der Waals surface area contributed by atoms with Crippen molar-refractivity contribution in [2.75, 3.05) is 26.7 Å². The van der Waals surface area contributed by atoms with Crippen molar-refractivity contribution in [2.24, 2.45) is 5.92 Å². The lowest BCUT2D eigenvalue weighted by Crippen LogP contribution is -2.37. The fraction of sp³-hybridized carbons (Fsp3) is 1.00. The second-order valence-corrected chi connectivity index (χ2v) is 6.28. The van der Waals surface area contributed by atoms with Crippen molar-refractivity contribution in [1.29, 1.82) is 0 Å². The van der Waals surface area contributed by atoms with Crippen LogP contribution in [0.4, 0.5) is 0 Å². The van der Waals surface area contributed by atoms with Crippen molar-refractivity contribution >= 4 is 0 Å². The lowest BCUT2D eigenvalue weighted by Gasteiger charge is -2.33. The third kappa shape index (κ3) is 4.52. The van der Waals surface area contributed by atoms with Gasteiger partial charge in [-0.2, -0.15) is 0 Å². The molecule has 2 fully saturated rings. The number of hydrogen-bond donors (Lipinski definition) is 2. The van der Waals surface area contributed by atoms with Crippen molar-refractivity contribution in [3.63, 3.8) is 0 Å². The molecule has 1 aliphatic heterocycles. The van der Waals surface area contributed by atoms with E-state index in [0.29, 0.717) is 0 Å². The molecule has 3 nitrogen and oxygen atoms in total. The molecule has 1 saturated heterocycles. The summed E-state index contributed by atoms with van der Waals surface area (Å²) in [5.74, 6) is 0.966. The maximum atomic E-state index is 9.53. The minimum atomic E-state index is -0.0237. The minimum absolute atomic E-state index is 0.0237. The summed E-state index contributed by atoms with van der Waals surface area (Å²) in [5, 5.41) is 13.0. The van der Waals surface area contributed by atoms with Gasteiger partial charge in [0.1, 0.15) is 0 Å². The van der Waals surface area contributed by atoms with Crippen LogP contribution in [-0.2, 0) is 0 Å². The maximum Gasteiger partial charge on any atom is 0.0541 e. The quantitative estimate of drug-likeness (QED) is 0.788. The highest BCUT2D eigenvalue weighted by Crippen LogP contribution is 2.23. The van der Waals surface area contributed by atoms with E-state index in [2.05, 4.69) is 17.3 Å². The summed E-state index contributed by atoms with van der Waals surface area (Å²) in [6.45, 7) is 3.69. The molecule has 0 bridgehead atoms. The maximum absolute atomic E-state index is 9.53. The van der Waals surface area contributed by atoms with E-state index >= 15 is 0 Å². The van der Waals surface area contributed by atoms with Crippen LogP contribution in [0.1, 0.15) is 51.4 Å². The van der Waals surface area contributed by atoms with Crippen LogP contribution in [0, 0.1) is 5.92 Å². The number of nitrogens with zero attached hydrogens (tertiary/aromatic N) is 1. The first-order valence-corrected chi connectivity index (χ1v) is 7.84. The van der Waals surface area contributed by atoms with Crippen LogP contribution in [0.25, 0.3) is 0 Å². The van der Waals surface area contributed by atoms with E-state index in [9.17, 15) is 5.11 Å². The van der Waals surface area contributed by atoms with Gasteiger partial charge in [0.05, 0.1) is 6.10 Å². The Morgan fingerprint density at radius 1 is 1.06 bits per heavy atom. The van der Waals surface area contributed by atoms with Gasteiger partial charge >= 0.3 is 0 Å². The summed E-state index contributed by atoms with van der Waals surface area (Å²) in [7, 11) is 2.27. The Kier molecular flexibility index (Phi) is 5.93. The molecule has 0 amide bonds. The second-order valence-electron chi connectivity index (χ2n) is 6.28. The van der Waals surface area contributed by atoms with E-state index in [-0.39, 0.29) is 6.10 Å². The zero-order valence-electron chi connectivity index (χ0n) is 11.9. The highest BCUT2D eigenvalue weighted by molar-refractivity contribution is 4.78. The lowest BCUT2D eigenvalue weighted by atomic mass is 9.91. The second kappa shape index (κ2) is 7.46. The fourth-order valence-corrected chi connectivity index (χ4v) is 3.48. The molecule has 1 aliphatic carbocycles. The lowest BCUT2D eigenvalue weighted by molar-refractivity contribution is 0.0830. The molecule has 0 radical (unpaired) electrons. The number of aliphatic hydroxyl groups excluding tert-OH is 1. The predicted octanol–water partition coefficient (Wildman–Crippen LogP) is 2.00. The van der Waals surface area contributed by atoms with Gasteiger partial charge in [-0.15, -0.1) is 0 Å². The van der Waals surface area contributed by atoms with Crippen molar-refractivity contribution in [1.82, 2.24) is 10.2 Å². The van der Waals surface area contributed by atoms with Gasteiger partial charge in [0.25, 0.3) is 0 Å². The van der Waals surface area contributed by atoms with Crippen LogP contribution in [0.2, 0.25) is 0 Å². The van der Waals surface area contributed by atoms with Gasteiger partial charge in [0.15, 0.2) is 0 Å².